The molecule has 1 amide bonds. The van der Waals surface area contributed by atoms with Crippen LogP contribution in [0.25, 0.3) is 0 Å². The molecule has 0 N–H and O–H groups in total. The van der Waals surface area contributed by atoms with Crippen LogP contribution in [-0.2, 0) is 14.8 Å². The highest BCUT2D eigenvalue weighted by Crippen LogP contribution is 2.12. The van der Waals surface area contributed by atoms with E-state index in [-0.39, 0.29) is 24.6 Å². The van der Waals surface area contributed by atoms with Crippen molar-refractivity contribution in [2.75, 3.05) is 32.4 Å². The molecule has 1 aromatic rings. The van der Waals surface area contributed by atoms with Crippen molar-refractivity contribution < 1.29 is 13.2 Å². The van der Waals surface area contributed by atoms with E-state index in [4.69, 9.17) is 0 Å². The van der Waals surface area contributed by atoms with Crippen molar-refractivity contribution in [3.63, 3.8) is 0 Å². The first-order chi connectivity index (χ1) is 10.2. The lowest BCUT2D eigenvalue weighted by Gasteiger charge is -2.34. The molecule has 0 aromatic carbocycles. The van der Waals surface area contributed by atoms with Crippen LogP contribution in [0.15, 0.2) is 16.9 Å². The number of amides is 1. The standard InChI is InChI=1S/C13H20N4O4S/c1-10-4-5-12(18)17(14-10)11(2)13(19)15-6-8-16(9-7-15)22(3,20)21/h4-5,11H,6-9H2,1-3H3. The number of aromatic nitrogens is 2. The molecule has 122 valence electrons. The van der Waals surface area contributed by atoms with Gasteiger partial charge in [-0.15, -0.1) is 0 Å². The number of sulfonamides is 1. The number of hydrogen-bond donors (Lipinski definition) is 0. The van der Waals surface area contributed by atoms with Crippen LogP contribution < -0.4 is 5.56 Å². The first kappa shape index (κ1) is 16.6. The van der Waals surface area contributed by atoms with E-state index in [1.165, 1.54) is 15.1 Å². The smallest absolute Gasteiger partial charge is 0.267 e. The van der Waals surface area contributed by atoms with Crippen LogP contribution in [0.4, 0.5) is 0 Å². The summed E-state index contributed by atoms with van der Waals surface area (Å²) in [6, 6.07) is 2.27. The molecule has 1 unspecified atom stereocenters. The number of piperazine rings is 1. The minimum atomic E-state index is -3.23. The predicted octanol–water partition coefficient (Wildman–Crippen LogP) is -0.783. The van der Waals surface area contributed by atoms with E-state index < -0.39 is 16.1 Å². The van der Waals surface area contributed by atoms with Crippen molar-refractivity contribution >= 4 is 15.9 Å². The molecular formula is C13H20N4O4S. The summed E-state index contributed by atoms with van der Waals surface area (Å²) in [4.78, 5) is 25.9. The molecule has 1 aliphatic rings. The van der Waals surface area contributed by atoms with Crippen molar-refractivity contribution in [2.45, 2.75) is 19.9 Å². The molecule has 8 nitrogen and oxygen atoms in total. The maximum absolute atomic E-state index is 12.5. The maximum Gasteiger partial charge on any atom is 0.267 e. The third-order valence-corrected chi connectivity index (χ3v) is 5.01. The molecule has 22 heavy (non-hydrogen) atoms. The predicted molar refractivity (Wildman–Crippen MR) is 80.9 cm³/mol. The summed E-state index contributed by atoms with van der Waals surface area (Å²) in [6.45, 7) is 4.55. The average Bonchev–Trinajstić information content (AvgIpc) is 2.47. The lowest BCUT2D eigenvalue weighted by atomic mass is 10.2. The number of hydrogen-bond acceptors (Lipinski definition) is 5. The molecular weight excluding hydrogens is 308 g/mol. The topological polar surface area (TPSA) is 92.6 Å². The summed E-state index contributed by atoms with van der Waals surface area (Å²) in [5.74, 6) is -0.228. The second kappa shape index (κ2) is 6.17. The zero-order chi connectivity index (χ0) is 16.5. The van der Waals surface area contributed by atoms with Gasteiger partial charge in [0.05, 0.1) is 11.9 Å². The van der Waals surface area contributed by atoms with Crippen LogP contribution in [-0.4, -0.2) is 65.7 Å². The van der Waals surface area contributed by atoms with E-state index in [0.29, 0.717) is 18.8 Å². The van der Waals surface area contributed by atoms with Crippen LogP contribution in [0.5, 0.6) is 0 Å². The Morgan fingerprint density at radius 2 is 1.82 bits per heavy atom. The van der Waals surface area contributed by atoms with Crippen molar-refractivity contribution in [1.82, 2.24) is 19.0 Å². The summed E-state index contributed by atoms with van der Waals surface area (Å²) in [5, 5.41) is 4.09. The van der Waals surface area contributed by atoms with Crippen molar-refractivity contribution in [3.8, 4) is 0 Å². The Kier molecular flexibility index (Phi) is 4.66. The normalized spacial score (nSPS) is 18.2. The summed E-state index contributed by atoms with van der Waals surface area (Å²) in [5.41, 5.74) is 0.322. The molecule has 1 fully saturated rings. The van der Waals surface area contributed by atoms with Gasteiger partial charge < -0.3 is 4.90 Å². The zero-order valence-corrected chi connectivity index (χ0v) is 13.7. The first-order valence-corrected chi connectivity index (χ1v) is 8.85. The van der Waals surface area contributed by atoms with E-state index in [9.17, 15) is 18.0 Å². The molecule has 0 saturated carbocycles. The molecule has 1 aromatic heterocycles. The second-order valence-electron chi connectivity index (χ2n) is 5.42. The van der Waals surface area contributed by atoms with Gasteiger partial charge in [-0.2, -0.15) is 9.40 Å². The number of carbonyl (C=O) groups is 1. The number of carbonyl (C=O) groups excluding carboxylic acids is 1. The number of rotatable bonds is 3. The Bertz CT molecular complexity index is 720. The van der Waals surface area contributed by atoms with E-state index in [0.717, 1.165) is 6.26 Å². The largest absolute Gasteiger partial charge is 0.338 e. The Morgan fingerprint density at radius 3 is 2.36 bits per heavy atom. The number of aryl methyl sites for hydroxylation is 1. The minimum Gasteiger partial charge on any atom is -0.338 e. The highest BCUT2D eigenvalue weighted by Gasteiger charge is 2.29. The van der Waals surface area contributed by atoms with Crippen LogP contribution in [0, 0.1) is 6.92 Å². The van der Waals surface area contributed by atoms with Gasteiger partial charge in [0.1, 0.15) is 6.04 Å². The van der Waals surface area contributed by atoms with Gasteiger partial charge in [-0.1, -0.05) is 0 Å². The van der Waals surface area contributed by atoms with Gasteiger partial charge in [-0.25, -0.2) is 13.1 Å². The molecule has 2 heterocycles. The highest BCUT2D eigenvalue weighted by molar-refractivity contribution is 7.88. The van der Waals surface area contributed by atoms with E-state index >= 15 is 0 Å². The molecule has 9 heteroatoms. The Labute approximate surface area is 129 Å². The highest BCUT2D eigenvalue weighted by atomic mass is 32.2. The van der Waals surface area contributed by atoms with E-state index in [1.54, 1.807) is 24.8 Å². The molecule has 1 atom stereocenters. The molecule has 1 aliphatic heterocycles. The van der Waals surface area contributed by atoms with Crippen LogP contribution >= 0.6 is 0 Å². The van der Waals surface area contributed by atoms with Crippen LogP contribution in [0.3, 0.4) is 0 Å². The summed E-state index contributed by atoms with van der Waals surface area (Å²) in [7, 11) is -3.23. The lowest BCUT2D eigenvalue weighted by Crippen LogP contribution is -2.52. The van der Waals surface area contributed by atoms with Gasteiger partial charge in [-0.05, 0) is 19.9 Å². The van der Waals surface area contributed by atoms with Gasteiger partial charge in [-0.3, -0.25) is 9.59 Å². The van der Waals surface area contributed by atoms with E-state index in [1.807, 2.05) is 0 Å². The molecule has 0 spiro atoms. The van der Waals surface area contributed by atoms with Gasteiger partial charge in [0.15, 0.2) is 0 Å². The van der Waals surface area contributed by atoms with Crippen LogP contribution in [0.1, 0.15) is 18.7 Å². The second-order valence-corrected chi connectivity index (χ2v) is 7.40. The van der Waals surface area contributed by atoms with Crippen molar-refractivity contribution in [1.29, 1.82) is 0 Å². The van der Waals surface area contributed by atoms with Crippen molar-refractivity contribution in [3.05, 3.63) is 28.2 Å². The van der Waals surface area contributed by atoms with Gasteiger partial charge in [0.2, 0.25) is 15.9 Å². The van der Waals surface area contributed by atoms with E-state index in [2.05, 4.69) is 5.10 Å². The SMILES string of the molecule is Cc1ccc(=O)n(C(C)C(=O)N2CCN(S(C)(=O)=O)CC2)n1. The third-order valence-electron chi connectivity index (χ3n) is 3.70. The fourth-order valence-electron chi connectivity index (χ4n) is 2.41. The molecule has 1 saturated heterocycles. The molecule has 0 bridgehead atoms. The van der Waals surface area contributed by atoms with Crippen LogP contribution in [0.2, 0.25) is 0 Å². The summed E-state index contributed by atoms with van der Waals surface area (Å²) in [6.07, 6.45) is 1.16. The fraction of sp³-hybridized carbons (Fsp3) is 0.615. The Balaban J connectivity index is 2.10. The quantitative estimate of drug-likeness (QED) is 0.725. The molecule has 0 radical (unpaired) electrons. The lowest BCUT2D eigenvalue weighted by molar-refractivity contribution is -0.135. The summed E-state index contributed by atoms with van der Waals surface area (Å²) < 4.78 is 25.4. The maximum atomic E-state index is 12.5. The monoisotopic (exact) mass is 328 g/mol. The van der Waals surface area contributed by atoms with Gasteiger partial charge >= 0.3 is 0 Å². The Morgan fingerprint density at radius 1 is 1.23 bits per heavy atom. The minimum absolute atomic E-state index is 0.228. The average molecular weight is 328 g/mol. The van der Waals surface area contributed by atoms with Gasteiger partial charge in [0, 0.05) is 32.2 Å². The number of nitrogens with zero attached hydrogens (tertiary/aromatic N) is 4. The Hall–Kier alpha value is -1.74. The third kappa shape index (κ3) is 3.53. The summed E-state index contributed by atoms with van der Waals surface area (Å²) >= 11 is 0. The zero-order valence-electron chi connectivity index (χ0n) is 12.9. The first-order valence-electron chi connectivity index (χ1n) is 7.00. The molecule has 0 aliphatic carbocycles. The fourth-order valence-corrected chi connectivity index (χ4v) is 3.23. The van der Waals surface area contributed by atoms with Crippen molar-refractivity contribution in [2.24, 2.45) is 0 Å². The van der Waals surface area contributed by atoms with Gasteiger partial charge in [0.25, 0.3) is 5.56 Å². The molecule has 2 rings (SSSR count).